The minimum absolute atomic E-state index is 0.113. The lowest BCUT2D eigenvalue weighted by atomic mass is 9.99. The zero-order valence-electron chi connectivity index (χ0n) is 21.8. The van der Waals surface area contributed by atoms with Crippen LogP contribution in [0.4, 0.5) is 23.2 Å². The van der Waals surface area contributed by atoms with E-state index in [1.165, 1.54) is 6.08 Å². The highest BCUT2D eigenvalue weighted by molar-refractivity contribution is 6.01. The molecule has 7 nitrogen and oxygen atoms in total. The number of anilines is 1. The molecule has 4 heterocycles. The Bertz CT molecular complexity index is 1590. The van der Waals surface area contributed by atoms with Crippen LogP contribution in [0.5, 0.6) is 0 Å². The van der Waals surface area contributed by atoms with Gasteiger partial charge in [0.15, 0.2) is 0 Å². The molecule has 1 amide bonds. The summed E-state index contributed by atoms with van der Waals surface area (Å²) in [5, 5.41) is 10.8. The van der Waals surface area contributed by atoms with Crippen LogP contribution in [0.3, 0.4) is 0 Å². The molecule has 1 fully saturated rings. The lowest BCUT2D eigenvalue weighted by molar-refractivity contribution is -0.0688. The number of carbonyl (C=O) groups is 1. The average molecular weight is 553 g/mol. The van der Waals surface area contributed by atoms with Crippen LogP contribution in [-0.4, -0.2) is 70.5 Å². The lowest BCUT2D eigenvalue weighted by Gasteiger charge is -2.33. The summed E-state index contributed by atoms with van der Waals surface area (Å²) < 4.78 is 57.5. The SMILES string of the molecule is C=C(c1nc(/C=C/CNC(=O)c2cccn3nccc23)cc2c(N[C@@H]3CCN(C)C[C@@H]3F)cccc12)C(F)(F)F. The Morgan fingerprint density at radius 3 is 2.80 bits per heavy atom. The molecule has 1 aliphatic heterocycles. The maximum absolute atomic E-state index is 14.8. The number of nitrogens with one attached hydrogen (secondary N) is 2. The first-order valence-electron chi connectivity index (χ1n) is 12.8. The lowest BCUT2D eigenvalue weighted by Crippen LogP contribution is -2.46. The van der Waals surface area contributed by atoms with Crippen LogP contribution in [0.25, 0.3) is 27.9 Å². The highest BCUT2D eigenvalue weighted by Gasteiger charge is 2.35. The Morgan fingerprint density at radius 1 is 1.20 bits per heavy atom. The normalized spacial score (nSPS) is 18.4. The van der Waals surface area contributed by atoms with Crippen molar-refractivity contribution < 1.29 is 22.4 Å². The number of aromatic nitrogens is 3. The number of hydrogen-bond donors (Lipinski definition) is 2. The van der Waals surface area contributed by atoms with Crippen LogP contribution < -0.4 is 10.6 Å². The number of rotatable bonds is 7. The van der Waals surface area contributed by atoms with Crippen LogP contribution in [0.1, 0.15) is 28.2 Å². The number of hydrogen-bond acceptors (Lipinski definition) is 5. The van der Waals surface area contributed by atoms with Crippen molar-refractivity contribution in [3.8, 4) is 0 Å². The second-order valence-electron chi connectivity index (χ2n) is 9.79. The quantitative estimate of drug-likeness (QED) is 0.302. The second-order valence-corrected chi connectivity index (χ2v) is 9.79. The minimum Gasteiger partial charge on any atom is -0.379 e. The molecule has 0 bridgehead atoms. The molecule has 1 saturated heterocycles. The molecule has 5 rings (SSSR count). The first-order chi connectivity index (χ1) is 19.1. The van der Waals surface area contributed by atoms with E-state index in [1.807, 2.05) is 11.9 Å². The third kappa shape index (κ3) is 5.69. The van der Waals surface area contributed by atoms with Crippen molar-refractivity contribution in [3.05, 3.63) is 84.5 Å². The predicted molar refractivity (Wildman–Crippen MR) is 148 cm³/mol. The fraction of sp³-hybridized carbons (Fsp3) is 0.276. The second kappa shape index (κ2) is 11.1. The molecule has 4 aromatic rings. The van der Waals surface area contributed by atoms with E-state index in [1.54, 1.807) is 65.4 Å². The number of fused-ring (bicyclic) bond motifs is 2. The van der Waals surface area contributed by atoms with E-state index in [-0.39, 0.29) is 35.8 Å². The largest absolute Gasteiger partial charge is 0.417 e. The van der Waals surface area contributed by atoms with Crippen LogP contribution in [0.15, 0.2) is 67.5 Å². The molecule has 1 aromatic carbocycles. The maximum atomic E-state index is 14.8. The average Bonchev–Trinajstić information content (AvgIpc) is 3.40. The van der Waals surface area contributed by atoms with E-state index in [4.69, 9.17) is 0 Å². The van der Waals surface area contributed by atoms with Gasteiger partial charge in [0.25, 0.3) is 5.91 Å². The highest BCUT2D eigenvalue weighted by Crippen LogP contribution is 2.37. The molecule has 2 N–H and O–H groups in total. The van der Waals surface area contributed by atoms with Crippen molar-refractivity contribution in [2.75, 3.05) is 32.0 Å². The molecule has 0 aliphatic carbocycles. The van der Waals surface area contributed by atoms with Crippen LogP contribution >= 0.6 is 0 Å². The van der Waals surface area contributed by atoms with Crippen molar-refractivity contribution >= 4 is 39.5 Å². The number of allylic oxidation sites excluding steroid dienone is 1. The van der Waals surface area contributed by atoms with E-state index in [2.05, 4.69) is 27.3 Å². The fourth-order valence-corrected chi connectivity index (χ4v) is 4.86. The van der Waals surface area contributed by atoms with Gasteiger partial charge in [0.2, 0.25) is 0 Å². The van der Waals surface area contributed by atoms with Gasteiger partial charge in [0, 0.05) is 42.3 Å². The van der Waals surface area contributed by atoms with Gasteiger partial charge in [-0.15, -0.1) is 0 Å². The van der Waals surface area contributed by atoms with Crippen molar-refractivity contribution in [3.63, 3.8) is 0 Å². The smallest absolute Gasteiger partial charge is 0.379 e. The third-order valence-corrected chi connectivity index (χ3v) is 6.96. The Morgan fingerprint density at radius 2 is 2.02 bits per heavy atom. The number of nitrogens with zero attached hydrogens (tertiary/aromatic N) is 4. The third-order valence-electron chi connectivity index (χ3n) is 6.96. The van der Waals surface area contributed by atoms with Crippen LogP contribution in [0.2, 0.25) is 0 Å². The Balaban J connectivity index is 1.42. The summed E-state index contributed by atoms with van der Waals surface area (Å²) in [7, 11) is 1.85. The van der Waals surface area contributed by atoms with E-state index in [0.717, 1.165) is 0 Å². The van der Waals surface area contributed by atoms with Gasteiger partial charge in [-0.05, 0) is 49.9 Å². The van der Waals surface area contributed by atoms with Gasteiger partial charge in [0.1, 0.15) is 6.17 Å². The van der Waals surface area contributed by atoms with E-state index >= 15 is 0 Å². The summed E-state index contributed by atoms with van der Waals surface area (Å²) in [6.45, 7) is 4.36. The number of alkyl halides is 4. The van der Waals surface area contributed by atoms with E-state index < -0.39 is 24.0 Å². The van der Waals surface area contributed by atoms with Crippen molar-refractivity contribution in [1.29, 1.82) is 0 Å². The van der Waals surface area contributed by atoms with Gasteiger partial charge in [-0.2, -0.15) is 18.3 Å². The zero-order chi connectivity index (χ0) is 28.4. The molecular weight excluding hydrogens is 524 g/mol. The summed E-state index contributed by atoms with van der Waals surface area (Å²) in [5.74, 6) is -0.321. The predicted octanol–water partition coefficient (Wildman–Crippen LogP) is 5.36. The van der Waals surface area contributed by atoms with Gasteiger partial charge >= 0.3 is 6.18 Å². The number of halogens is 4. The molecule has 11 heteroatoms. The topological polar surface area (TPSA) is 74.6 Å². The van der Waals surface area contributed by atoms with Gasteiger partial charge in [0.05, 0.1) is 40.3 Å². The first-order valence-corrected chi connectivity index (χ1v) is 12.8. The number of benzene rings is 1. The van der Waals surface area contributed by atoms with Gasteiger partial charge in [-0.1, -0.05) is 24.8 Å². The van der Waals surface area contributed by atoms with Crippen molar-refractivity contribution in [1.82, 2.24) is 24.8 Å². The molecule has 208 valence electrons. The van der Waals surface area contributed by atoms with Crippen LogP contribution in [-0.2, 0) is 0 Å². The summed E-state index contributed by atoms with van der Waals surface area (Å²) in [5.41, 5.74) is 0.478. The summed E-state index contributed by atoms with van der Waals surface area (Å²) in [4.78, 5) is 18.8. The van der Waals surface area contributed by atoms with Crippen molar-refractivity contribution in [2.24, 2.45) is 0 Å². The molecule has 3 aromatic heterocycles. The number of likely N-dealkylation sites (tertiary alicyclic amines) is 1. The molecule has 1 aliphatic rings. The Kier molecular flexibility index (Phi) is 7.57. The molecule has 0 spiro atoms. The molecule has 2 atom stereocenters. The molecule has 0 unspecified atom stereocenters. The minimum atomic E-state index is -4.69. The summed E-state index contributed by atoms with van der Waals surface area (Å²) in [6.07, 6.45) is 1.20. The van der Waals surface area contributed by atoms with Crippen LogP contribution in [0, 0.1) is 0 Å². The molecule has 40 heavy (non-hydrogen) atoms. The van der Waals surface area contributed by atoms with Gasteiger partial charge < -0.3 is 15.5 Å². The van der Waals surface area contributed by atoms with Crippen molar-refractivity contribution in [2.45, 2.75) is 24.8 Å². The Labute approximate surface area is 228 Å². The maximum Gasteiger partial charge on any atom is 0.417 e. The monoisotopic (exact) mass is 552 g/mol. The van der Waals surface area contributed by atoms with E-state index in [9.17, 15) is 22.4 Å². The summed E-state index contributed by atoms with van der Waals surface area (Å²) in [6, 6.07) is 11.2. The number of piperidine rings is 1. The summed E-state index contributed by atoms with van der Waals surface area (Å²) >= 11 is 0. The van der Waals surface area contributed by atoms with Gasteiger partial charge in [-0.25, -0.2) is 13.9 Å². The molecule has 0 saturated carbocycles. The number of carbonyl (C=O) groups excluding carboxylic acids is 1. The zero-order valence-corrected chi connectivity index (χ0v) is 21.8. The first kappa shape index (κ1) is 27.3. The molecular formula is C29H28F4N6O. The highest BCUT2D eigenvalue weighted by atomic mass is 19.4. The molecule has 0 radical (unpaired) electrons. The number of amides is 1. The fourth-order valence-electron chi connectivity index (χ4n) is 4.86. The Hall–Kier alpha value is -4.25. The standard InChI is InChI=1S/C29H28F4N6O/c1-18(29(31,32)33)27-20-7-3-9-24(37-25-11-15-38(2)17-23(25)30)22(20)16-19(36-27)6-4-12-34-28(40)21-8-5-14-39-26(21)10-13-35-39/h3-10,13-14,16,23,25,37H,1,11-12,15,17H2,2H3,(H,34,40)/b6-4+/t23-,25+/m0/s1. The van der Waals surface area contributed by atoms with E-state index in [0.29, 0.717) is 35.1 Å². The van der Waals surface area contributed by atoms with Gasteiger partial charge in [-0.3, -0.25) is 4.79 Å². The number of pyridine rings is 2.